The van der Waals surface area contributed by atoms with Gasteiger partial charge < -0.3 is 16.4 Å². The van der Waals surface area contributed by atoms with E-state index in [9.17, 15) is 13.2 Å². The molecule has 1 amide bonds. The first-order chi connectivity index (χ1) is 18.0. The summed E-state index contributed by atoms with van der Waals surface area (Å²) in [5, 5.41) is 5.71. The Morgan fingerprint density at radius 3 is 2.45 bits per heavy atom. The number of fused-ring (bicyclic) bond motifs is 1. The van der Waals surface area contributed by atoms with Crippen molar-refractivity contribution in [2.24, 2.45) is 5.73 Å². The molecule has 2 heterocycles. The minimum absolute atomic E-state index is 0.0409. The van der Waals surface area contributed by atoms with Crippen LogP contribution in [0.4, 0.5) is 11.4 Å². The Labute approximate surface area is 222 Å². The van der Waals surface area contributed by atoms with Gasteiger partial charge in [0, 0.05) is 25.5 Å². The van der Waals surface area contributed by atoms with Gasteiger partial charge in [-0.2, -0.15) is 5.10 Å². The molecule has 2 aromatic heterocycles. The van der Waals surface area contributed by atoms with Crippen molar-refractivity contribution in [1.29, 1.82) is 0 Å². The van der Waals surface area contributed by atoms with Gasteiger partial charge in [0.25, 0.3) is 5.91 Å². The lowest BCUT2D eigenvalue weighted by Gasteiger charge is -2.14. The van der Waals surface area contributed by atoms with Crippen LogP contribution in [0, 0.1) is 0 Å². The summed E-state index contributed by atoms with van der Waals surface area (Å²) in [6.07, 6.45) is 0.235. The predicted octanol–water partition coefficient (Wildman–Crippen LogP) is 3.27. The van der Waals surface area contributed by atoms with Crippen LogP contribution < -0.4 is 21.1 Å². The minimum atomic E-state index is -3.88. The van der Waals surface area contributed by atoms with Gasteiger partial charge in [-0.1, -0.05) is 32.0 Å². The van der Waals surface area contributed by atoms with Gasteiger partial charge in [0.1, 0.15) is 5.69 Å². The molecule has 5 N–H and O–H groups in total. The van der Waals surface area contributed by atoms with Crippen molar-refractivity contribution >= 4 is 38.3 Å². The zero-order valence-corrected chi connectivity index (χ0v) is 22.8. The normalized spacial score (nSPS) is 11.7. The predicted molar refractivity (Wildman–Crippen MR) is 152 cm³/mol. The van der Waals surface area contributed by atoms with E-state index in [0.29, 0.717) is 16.9 Å². The summed E-state index contributed by atoms with van der Waals surface area (Å²) in [6, 6.07) is 16.7. The number of amides is 1. The second-order valence-electron chi connectivity index (χ2n) is 9.63. The van der Waals surface area contributed by atoms with E-state index in [1.54, 1.807) is 22.9 Å². The second kappa shape index (κ2) is 10.8. The zero-order chi connectivity index (χ0) is 27.6. The Kier molecular flexibility index (Phi) is 7.70. The first-order valence-corrected chi connectivity index (χ1v) is 14.0. The largest absolute Gasteiger partial charge is 0.399 e. The van der Waals surface area contributed by atoms with E-state index < -0.39 is 15.9 Å². The number of benzene rings is 2. The smallest absolute Gasteiger partial charge is 0.283 e. The molecule has 4 rings (SSSR count). The lowest BCUT2D eigenvalue weighted by molar-refractivity contribution is 0.0977. The SMILES string of the molecule is CC(C)c1nn(-c2cccc(N(C)C)c2)c2nc(C(=O)NS(=O)(=O)CCCN)cc(-c3ccc(N)cc3)c12. The highest BCUT2D eigenvalue weighted by atomic mass is 32.2. The van der Waals surface area contributed by atoms with Crippen molar-refractivity contribution in [3.8, 4) is 16.8 Å². The third kappa shape index (κ3) is 5.63. The molecule has 4 aromatic rings. The van der Waals surface area contributed by atoms with E-state index in [0.717, 1.165) is 28.0 Å². The molecule has 200 valence electrons. The average molecular weight is 536 g/mol. The van der Waals surface area contributed by atoms with Crippen molar-refractivity contribution in [2.45, 2.75) is 26.2 Å². The van der Waals surface area contributed by atoms with Crippen molar-refractivity contribution < 1.29 is 13.2 Å². The third-order valence-electron chi connectivity index (χ3n) is 6.12. The molecule has 2 aromatic carbocycles. The van der Waals surface area contributed by atoms with Crippen molar-refractivity contribution in [3.63, 3.8) is 0 Å². The van der Waals surface area contributed by atoms with Crippen molar-refractivity contribution in [3.05, 3.63) is 66.0 Å². The standard InChI is InChI=1S/C27H33N7O3S/c1-17(2)25-24-22(18-9-11-19(29)12-10-18)16-23(27(35)32-38(36,37)14-6-13-28)30-26(24)34(31-25)21-8-5-7-20(15-21)33(3)4/h5,7-12,15-17H,6,13-14,28-29H2,1-4H3,(H,32,35). The van der Waals surface area contributed by atoms with Crippen LogP contribution in [0.2, 0.25) is 0 Å². The summed E-state index contributed by atoms with van der Waals surface area (Å²) >= 11 is 0. The monoisotopic (exact) mass is 535 g/mol. The number of carbonyl (C=O) groups excluding carboxylic acids is 1. The number of carbonyl (C=O) groups is 1. The first-order valence-electron chi connectivity index (χ1n) is 12.3. The molecule has 0 atom stereocenters. The van der Waals surface area contributed by atoms with Gasteiger partial charge in [-0.05, 0) is 66.4 Å². The summed E-state index contributed by atoms with van der Waals surface area (Å²) in [7, 11) is 0.0214. The molecule has 10 nitrogen and oxygen atoms in total. The van der Waals surface area contributed by atoms with E-state index in [1.807, 2.05) is 69.2 Å². The maximum Gasteiger partial charge on any atom is 0.283 e. The molecule has 11 heteroatoms. The number of pyridine rings is 1. The summed E-state index contributed by atoms with van der Waals surface area (Å²) in [5.41, 5.74) is 16.4. The Morgan fingerprint density at radius 1 is 1.11 bits per heavy atom. The van der Waals surface area contributed by atoms with Crippen LogP contribution in [0.3, 0.4) is 0 Å². The fourth-order valence-corrected chi connectivity index (χ4v) is 5.19. The topological polar surface area (TPSA) is 149 Å². The number of anilines is 2. The van der Waals surface area contributed by atoms with E-state index >= 15 is 0 Å². The van der Waals surface area contributed by atoms with E-state index in [2.05, 4.69) is 9.71 Å². The van der Waals surface area contributed by atoms with Crippen LogP contribution in [-0.4, -0.2) is 55.5 Å². The van der Waals surface area contributed by atoms with Gasteiger partial charge >= 0.3 is 0 Å². The van der Waals surface area contributed by atoms with E-state index in [4.69, 9.17) is 16.6 Å². The maximum atomic E-state index is 13.2. The minimum Gasteiger partial charge on any atom is -0.399 e. The van der Waals surface area contributed by atoms with Crippen molar-refractivity contribution in [2.75, 3.05) is 37.0 Å². The molecule has 0 aliphatic carbocycles. The lowest BCUT2D eigenvalue weighted by Crippen LogP contribution is -2.33. The molecule has 0 bridgehead atoms. The molecule has 0 saturated carbocycles. The van der Waals surface area contributed by atoms with Crippen molar-refractivity contribution in [1.82, 2.24) is 19.5 Å². The molecule has 0 aliphatic heterocycles. The van der Waals surface area contributed by atoms with Crippen LogP contribution >= 0.6 is 0 Å². The Hall–Kier alpha value is -3.96. The lowest BCUT2D eigenvalue weighted by atomic mass is 9.97. The molecule has 0 saturated heterocycles. The summed E-state index contributed by atoms with van der Waals surface area (Å²) < 4.78 is 28.8. The first kappa shape index (κ1) is 27.1. The molecule has 0 aliphatic rings. The summed E-state index contributed by atoms with van der Waals surface area (Å²) in [4.78, 5) is 19.8. The third-order valence-corrected chi connectivity index (χ3v) is 7.44. The number of nitrogens with zero attached hydrogens (tertiary/aromatic N) is 4. The number of hydrogen-bond acceptors (Lipinski definition) is 8. The molecule has 0 radical (unpaired) electrons. The Balaban J connectivity index is 1.99. The number of rotatable bonds is 9. The maximum absolute atomic E-state index is 13.2. The number of hydrogen-bond donors (Lipinski definition) is 3. The highest BCUT2D eigenvalue weighted by molar-refractivity contribution is 7.90. The summed E-state index contributed by atoms with van der Waals surface area (Å²) in [5.74, 6) is -1.03. The van der Waals surface area contributed by atoms with Gasteiger partial charge in [-0.3, -0.25) is 4.79 Å². The number of nitrogens with two attached hydrogens (primary N) is 2. The fraction of sp³-hybridized carbons (Fsp3) is 0.296. The van der Waals surface area contributed by atoms with Gasteiger partial charge in [-0.25, -0.2) is 22.8 Å². The van der Waals surface area contributed by atoms with Gasteiger partial charge in [-0.15, -0.1) is 0 Å². The molecular formula is C27H33N7O3S. The fourth-order valence-electron chi connectivity index (χ4n) is 4.15. The van der Waals surface area contributed by atoms with Crippen LogP contribution in [0.15, 0.2) is 54.6 Å². The van der Waals surface area contributed by atoms with Crippen LogP contribution in [0.25, 0.3) is 27.8 Å². The van der Waals surface area contributed by atoms with Crippen LogP contribution in [0.1, 0.15) is 42.4 Å². The Morgan fingerprint density at radius 2 is 1.82 bits per heavy atom. The number of aromatic nitrogens is 3. The molecule has 0 fully saturated rings. The highest BCUT2D eigenvalue weighted by Gasteiger charge is 2.25. The molecule has 0 spiro atoms. The quantitative estimate of drug-likeness (QED) is 0.277. The van der Waals surface area contributed by atoms with Crippen LogP contribution in [0.5, 0.6) is 0 Å². The molecule has 0 unspecified atom stereocenters. The highest BCUT2D eigenvalue weighted by Crippen LogP contribution is 2.36. The summed E-state index contributed by atoms with van der Waals surface area (Å²) in [6.45, 7) is 4.28. The van der Waals surface area contributed by atoms with E-state index in [-0.39, 0.29) is 30.3 Å². The molecular weight excluding hydrogens is 502 g/mol. The van der Waals surface area contributed by atoms with Crippen LogP contribution in [-0.2, 0) is 10.0 Å². The average Bonchev–Trinajstić information content (AvgIpc) is 3.27. The zero-order valence-electron chi connectivity index (χ0n) is 22.0. The number of nitrogen functional groups attached to an aromatic ring is 1. The van der Waals surface area contributed by atoms with Gasteiger partial charge in [0.05, 0.1) is 22.5 Å². The van der Waals surface area contributed by atoms with Gasteiger partial charge in [0.2, 0.25) is 10.0 Å². The van der Waals surface area contributed by atoms with E-state index in [1.165, 1.54) is 0 Å². The number of nitrogens with one attached hydrogen (secondary N) is 1. The number of sulfonamides is 1. The van der Waals surface area contributed by atoms with Gasteiger partial charge in [0.15, 0.2) is 5.65 Å². The Bertz CT molecular complexity index is 1580. The molecule has 38 heavy (non-hydrogen) atoms. The second-order valence-corrected chi connectivity index (χ2v) is 11.5.